The summed E-state index contributed by atoms with van der Waals surface area (Å²) in [7, 11) is 1.30. The summed E-state index contributed by atoms with van der Waals surface area (Å²) in [5, 5.41) is 15.0. The van der Waals surface area contributed by atoms with E-state index in [-0.39, 0.29) is 4.92 Å². The molecule has 0 unspecified atom stereocenters. The van der Waals surface area contributed by atoms with Crippen LogP contribution in [-0.2, 0) is 9.53 Å². The predicted octanol–water partition coefficient (Wildman–Crippen LogP) is 2.61. The fourth-order valence-electron chi connectivity index (χ4n) is 3.53. The Bertz CT molecular complexity index is 761. The van der Waals surface area contributed by atoms with Crippen molar-refractivity contribution in [1.29, 1.82) is 0 Å². The van der Waals surface area contributed by atoms with Gasteiger partial charge in [-0.3, -0.25) is 20.2 Å². The highest BCUT2D eigenvalue weighted by Gasteiger charge is 2.54. The zero-order valence-electron chi connectivity index (χ0n) is 14.1. The van der Waals surface area contributed by atoms with E-state index in [1.807, 2.05) is 61.5 Å². The van der Waals surface area contributed by atoms with Crippen molar-refractivity contribution in [3.8, 4) is 0 Å². The Labute approximate surface area is 146 Å². The molecule has 1 saturated heterocycles. The maximum atomic E-state index is 12.3. The third-order valence-corrected chi connectivity index (χ3v) is 4.75. The summed E-state index contributed by atoms with van der Waals surface area (Å²) < 4.78 is 4.89. The highest BCUT2D eigenvalue weighted by atomic mass is 16.6. The lowest BCUT2D eigenvalue weighted by atomic mass is 9.85. The molecule has 0 aromatic heterocycles. The Kier molecular flexibility index (Phi) is 4.81. The van der Waals surface area contributed by atoms with Crippen LogP contribution in [0.1, 0.15) is 28.7 Å². The standard InChI is InChI=1S/C19H20N2O4/c1-12-8-10-14(11-9-12)16-18(21(23)24)15(13-6-4-3-5-7-13)17(20-16)19(22)25-2/h3-11,15-18,20H,1-2H3/t15-,16-,17-,18+/m0/s1. The summed E-state index contributed by atoms with van der Waals surface area (Å²) in [5.41, 5.74) is 2.62. The fourth-order valence-corrected chi connectivity index (χ4v) is 3.53. The number of methoxy groups -OCH3 is 1. The number of hydrogen-bond acceptors (Lipinski definition) is 5. The van der Waals surface area contributed by atoms with E-state index < -0.39 is 30.0 Å². The Morgan fingerprint density at radius 3 is 2.28 bits per heavy atom. The summed E-state index contributed by atoms with van der Waals surface area (Å²) in [6.07, 6.45) is 0. The molecule has 1 N–H and O–H groups in total. The second kappa shape index (κ2) is 7.03. The number of nitro groups is 1. The average Bonchev–Trinajstić information content (AvgIpc) is 3.03. The number of rotatable bonds is 4. The monoisotopic (exact) mass is 340 g/mol. The van der Waals surface area contributed by atoms with Crippen molar-refractivity contribution in [3.05, 3.63) is 81.4 Å². The highest BCUT2D eigenvalue weighted by Crippen LogP contribution is 2.40. The lowest BCUT2D eigenvalue weighted by molar-refractivity contribution is -0.527. The van der Waals surface area contributed by atoms with Gasteiger partial charge in [0.25, 0.3) is 0 Å². The van der Waals surface area contributed by atoms with Gasteiger partial charge in [-0.1, -0.05) is 60.2 Å². The van der Waals surface area contributed by atoms with Gasteiger partial charge in [-0.25, -0.2) is 0 Å². The summed E-state index contributed by atoms with van der Waals surface area (Å²) in [6, 6.07) is 14.4. The SMILES string of the molecule is COC(=O)[C@H]1N[C@@H](c2ccc(C)cc2)[C@H]([N+](=O)[O-])[C@H]1c1ccccc1. The molecule has 0 aliphatic carbocycles. The van der Waals surface area contributed by atoms with E-state index >= 15 is 0 Å². The summed E-state index contributed by atoms with van der Waals surface area (Å²) in [5.74, 6) is -1.09. The Morgan fingerprint density at radius 1 is 1.08 bits per heavy atom. The topological polar surface area (TPSA) is 81.5 Å². The van der Waals surface area contributed by atoms with Crippen molar-refractivity contribution in [3.63, 3.8) is 0 Å². The summed E-state index contributed by atoms with van der Waals surface area (Å²) >= 11 is 0. The van der Waals surface area contributed by atoms with Crippen LogP contribution in [0.15, 0.2) is 54.6 Å². The maximum absolute atomic E-state index is 12.3. The molecule has 1 fully saturated rings. The van der Waals surface area contributed by atoms with Crippen LogP contribution in [0, 0.1) is 17.0 Å². The lowest BCUT2D eigenvalue weighted by Gasteiger charge is -2.19. The minimum absolute atomic E-state index is 0.294. The Balaban J connectivity index is 2.07. The van der Waals surface area contributed by atoms with Gasteiger partial charge < -0.3 is 4.74 Å². The van der Waals surface area contributed by atoms with Crippen molar-refractivity contribution in [2.24, 2.45) is 0 Å². The van der Waals surface area contributed by atoms with Crippen molar-refractivity contribution in [2.75, 3.05) is 7.11 Å². The molecule has 6 heteroatoms. The third kappa shape index (κ3) is 3.25. The minimum Gasteiger partial charge on any atom is -0.468 e. The zero-order chi connectivity index (χ0) is 18.0. The average molecular weight is 340 g/mol. The van der Waals surface area contributed by atoms with Gasteiger partial charge in [0.05, 0.1) is 13.0 Å². The number of carbonyl (C=O) groups is 1. The van der Waals surface area contributed by atoms with E-state index in [0.717, 1.165) is 16.7 Å². The molecule has 2 aromatic rings. The fraction of sp³-hybridized carbons (Fsp3) is 0.316. The van der Waals surface area contributed by atoms with Gasteiger partial charge in [0, 0.05) is 4.92 Å². The molecule has 1 aliphatic rings. The van der Waals surface area contributed by atoms with Crippen LogP contribution < -0.4 is 5.32 Å². The number of aryl methyl sites for hydroxylation is 1. The highest BCUT2D eigenvalue weighted by molar-refractivity contribution is 5.78. The second-order valence-corrected chi connectivity index (χ2v) is 6.27. The van der Waals surface area contributed by atoms with Gasteiger partial charge in [-0.15, -0.1) is 0 Å². The number of ether oxygens (including phenoxy) is 1. The van der Waals surface area contributed by atoms with Gasteiger partial charge in [0.15, 0.2) is 0 Å². The Morgan fingerprint density at radius 2 is 1.72 bits per heavy atom. The lowest BCUT2D eigenvalue weighted by Crippen LogP contribution is -2.37. The van der Waals surface area contributed by atoms with Crippen LogP contribution in [-0.4, -0.2) is 30.1 Å². The number of nitrogens with one attached hydrogen (secondary N) is 1. The molecule has 0 saturated carbocycles. The van der Waals surface area contributed by atoms with Gasteiger partial charge in [0.1, 0.15) is 12.1 Å². The largest absolute Gasteiger partial charge is 0.468 e. The van der Waals surface area contributed by atoms with E-state index in [2.05, 4.69) is 5.32 Å². The quantitative estimate of drug-likeness (QED) is 0.526. The zero-order valence-corrected chi connectivity index (χ0v) is 14.1. The first-order valence-corrected chi connectivity index (χ1v) is 8.12. The van der Waals surface area contributed by atoms with Crippen molar-refractivity contribution in [1.82, 2.24) is 5.32 Å². The molecular weight excluding hydrogens is 320 g/mol. The molecule has 25 heavy (non-hydrogen) atoms. The van der Waals surface area contributed by atoms with Crippen LogP contribution in [0.3, 0.4) is 0 Å². The van der Waals surface area contributed by atoms with Crippen LogP contribution in [0.25, 0.3) is 0 Å². The van der Waals surface area contributed by atoms with E-state index in [1.54, 1.807) is 0 Å². The number of esters is 1. The predicted molar refractivity (Wildman–Crippen MR) is 92.8 cm³/mol. The summed E-state index contributed by atoms with van der Waals surface area (Å²) in [6.45, 7) is 1.96. The van der Waals surface area contributed by atoms with Gasteiger partial charge in [0.2, 0.25) is 6.04 Å². The molecule has 1 aliphatic heterocycles. The third-order valence-electron chi connectivity index (χ3n) is 4.75. The van der Waals surface area contributed by atoms with E-state index in [0.29, 0.717) is 0 Å². The molecule has 6 nitrogen and oxygen atoms in total. The van der Waals surface area contributed by atoms with E-state index in [4.69, 9.17) is 4.74 Å². The molecule has 2 aromatic carbocycles. The molecule has 1 heterocycles. The number of hydrogen-bond donors (Lipinski definition) is 1. The van der Waals surface area contributed by atoms with Gasteiger partial charge in [-0.2, -0.15) is 0 Å². The molecule has 130 valence electrons. The number of nitrogens with zero attached hydrogens (tertiary/aromatic N) is 1. The van der Waals surface area contributed by atoms with Crippen molar-refractivity contribution < 1.29 is 14.5 Å². The summed E-state index contributed by atoms with van der Waals surface area (Å²) in [4.78, 5) is 23.9. The molecule has 0 spiro atoms. The van der Waals surface area contributed by atoms with E-state index in [9.17, 15) is 14.9 Å². The van der Waals surface area contributed by atoms with Crippen LogP contribution in [0.4, 0.5) is 0 Å². The minimum atomic E-state index is -0.964. The van der Waals surface area contributed by atoms with Crippen LogP contribution in [0.2, 0.25) is 0 Å². The van der Waals surface area contributed by atoms with Crippen molar-refractivity contribution >= 4 is 5.97 Å². The Hall–Kier alpha value is -2.73. The molecule has 0 amide bonds. The molecular formula is C19H20N2O4. The van der Waals surface area contributed by atoms with Gasteiger partial charge >= 0.3 is 5.97 Å². The number of carbonyl (C=O) groups excluding carboxylic acids is 1. The van der Waals surface area contributed by atoms with E-state index in [1.165, 1.54) is 7.11 Å². The van der Waals surface area contributed by atoms with Crippen molar-refractivity contribution in [2.45, 2.75) is 31.0 Å². The molecule has 0 radical (unpaired) electrons. The first kappa shape index (κ1) is 17.1. The first-order chi connectivity index (χ1) is 12.0. The normalized spacial score (nSPS) is 25.5. The van der Waals surface area contributed by atoms with Crippen LogP contribution in [0.5, 0.6) is 0 Å². The molecule has 4 atom stereocenters. The smallest absolute Gasteiger partial charge is 0.323 e. The molecule has 3 rings (SSSR count). The second-order valence-electron chi connectivity index (χ2n) is 6.27. The van der Waals surface area contributed by atoms with Gasteiger partial charge in [-0.05, 0) is 18.1 Å². The number of benzene rings is 2. The first-order valence-electron chi connectivity index (χ1n) is 8.12. The van der Waals surface area contributed by atoms with Crippen LogP contribution >= 0.6 is 0 Å². The molecule has 0 bridgehead atoms. The maximum Gasteiger partial charge on any atom is 0.323 e.